The van der Waals surface area contributed by atoms with Gasteiger partial charge in [-0.2, -0.15) is 12.6 Å². The minimum absolute atomic E-state index is 0.00611. The molecule has 0 aromatic rings. The lowest BCUT2D eigenvalue weighted by molar-refractivity contribution is -0.143. The van der Waals surface area contributed by atoms with Crippen molar-refractivity contribution in [1.29, 1.82) is 0 Å². The molecular formula is C45H78N12O14S. The fourth-order valence-electron chi connectivity index (χ4n) is 7.44. The van der Waals surface area contributed by atoms with Gasteiger partial charge in [-0.1, -0.05) is 68.2 Å². The molecule has 408 valence electrons. The highest BCUT2D eigenvalue weighted by molar-refractivity contribution is 7.80. The van der Waals surface area contributed by atoms with Crippen molar-refractivity contribution in [1.82, 2.24) is 47.4 Å². The number of carboxylic acids is 1. The maximum atomic E-state index is 14.1. The first-order chi connectivity index (χ1) is 33.6. The summed E-state index contributed by atoms with van der Waals surface area (Å²) >= 11 is 4.18. The van der Waals surface area contributed by atoms with Gasteiger partial charge in [0.1, 0.15) is 48.3 Å². The van der Waals surface area contributed by atoms with Crippen LogP contribution in [0.4, 0.5) is 0 Å². The Hall–Kier alpha value is -6.09. The number of hydrogen-bond acceptors (Lipinski definition) is 15. The number of amides is 11. The Labute approximate surface area is 425 Å². The quantitative estimate of drug-likeness (QED) is 0.0284. The van der Waals surface area contributed by atoms with Crippen LogP contribution in [0.5, 0.6) is 0 Å². The zero-order valence-electron chi connectivity index (χ0n) is 42.4. The summed E-state index contributed by atoms with van der Waals surface area (Å²) in [6, 6.07) is -12.0. The molecule has 0 aliphatic carbocycles. The van der Waals surface area contributed by atoms with Gasteiger partial charge in [0.05, 0.1) is 25.6 Å². The molecule has 1 heterocycles. The third-order valence-corrected chi connectivity index (χ3v) is 12.5. The molecule has 0 unspecified atom stereocenters. The standard InChI is InChI=1S/C45H78N12O14S/c1-9-23(7)35(42(67)52-28(19-58)38(63)49-18-33(61)50-27(45(70)71)16-21(3)4)56-43(68)36(24(8)10-2)55-40(65)30-12-11-15-57(30)44(69)26(17-32(48)60)51-39(64)29(20-72)53-41(66)34(22(5)6)54-37(62)25(46)13-14-31(47)59/h21-30,34-36,58,72H,9-20,46H2,1-8H3,(H2,47,59)(H2,48,60)(H,49,63)(H,50,61)(H,51,64)(H,52,67)(H,53,66)(H,54,62)(H,55,65)(H,56,68)(H,70,71)/t23-,24-,25-,26-,27-,28-,29-,30-,34-,35-,36-/m0/s1. The van der Waals surface area contributed by atoms with Crippen LogP contribution in [0.2, 0.25) is 0 Å². The molecule has 0 bridgehead atoms. The molecule has 0 spiro atoms. The molecule has 1 fully saturated rings. The maximum Gasteiger partial charge on any atom is 0.326 e. The van der Waals surface area contributed by atoms with Gasteiger partial charge < -0.3 is 74.8 Å². The molecule has 0 aromatic heterocycles. The molecule has 0 aromatic carbocycles. The topological polar surface area (TPSA) is 423 Å². The van der Waals surface area contributed by atoms with Crippen LogP contribution in [0, 0.1) is 23.7 Å². The van der Waals surface area contributed by atoms with E-state index in [1.807, 2.05) is 0 Å². The van der Waals surface area contributed by atoms with E-state index >= 15 is 0 Å². The molecule has 16 N–H and O–H groups in total. The first kappa shape index (κ1) is 63.9. The van der Waals surface area contributed by atoms with E-state index in [0.29, 0.717) is 19.3 Å². The SMILES string of the molecule is CC[C@H](C)[C@H](NC(=O)[C@@H](NC(=O)[C@@H]1CCCN1C(=O)[C@H](CC(N)=O)NC(=O)[C@H](CS)NC(=O)[C@@H](NC(=O)[C@@H](N)CCC(N)=O)C(C)C)[C@@H](C)CC)C(=O)N[C@@H](CO)C(=O)NCC(=O)N[C@@H](CC(C)C)C(=O)O. The van der Waals surface area contributed by atoms with Crippen LogP contribution in [0.15, 0.2) is 0 Å². The van der Waals surface area contributed by atoms with E-state index in [-0.39, 0.29) is 43.9 Å². The zero-order chi connectivity index (χ0) is 55.2. The van der Waals surface area contributed by atoms with E-state index in [4.69, 9.17) is 17.2 Å². The van der Waals surface area contributed by atoms with E-state index in [0.717, 1.165) is 4.90 Å². The second kappa shape index (κ2) is 31.4. The molecule has 11 atom stereocenters. The zero-order valence-corrected chi connectivity index (χ0v) is 43.3. The summed E-state index contributed by atoms with van der Waals surface area (Å²) in [5.74, 6) is -12.6. The van der Waals surface area contributed by atoms with Crippen molar-refractivity contribution in [3.8, 4) is 0 Å². The van der Waals surface area contributed by atoms with Gasteiger partial charge in [0.25, 0.3) is 0 Å². The number of rotatable bonds is 32. The lowest BCUT2D eigenvalue weighted by atomic mass is 9.94. The second-order valence-corrected chi connectivity index (χ2v) is 19.2. The molecule has 26 nitrogen and oxygen atoms in total. The van der Waals surface area contributed by atoms with Gasteiger partial charge >= 0.3 is 5.97 Å². The highest BCUT2D eigenvalue weighted by Gasteiger charge is 2.42. The molecule has 11 amide bonds. The number of nitrogens with two attached hydrogens (primary N) is 3. The highest BCUT2D eigenvalue weighted by atomic mass is 32.1. The van der Waals surface area contributed by atoms with Crippen LogP contribution in [-0.4, -0.2) is 166 Å². The predicted octanol–water partition coefficient (Wildman–Crippen LogP) is -4.24. The lowest BCUT2D eigenvalue weighted by Crippen LogP contribution is -2.62. The van der Waals surface area contributed by atoms with Gasteiger partial charge in [-0.15, -0.1) is 0 Å². The summed E-state index contributed by atoms with van der Waals surface area (Å²) in [5.41, 5.74) is 16.5. The Morgan fingerprint density at radius 2 is 1.18 bits per heavy atom. The van der Waals surface area contributed by atoms with Crippen molar-refractivity contribution in [3.63, 3.8) is 0 Å². The molecule has 0 radical (unpaired) electrons. The number of primary amides is 2. The third-order valence-electron chi connectivity index (χ3n) is 12.1. The normalized spacial score (nSPS) is 17.5. The minimum Gasteiger partial charge on any atom is -0.480 e. The molecule has 1 aliphatic rings. The number of aliphatic hydroxyl groups excluding tert-OH is 1. The van der Waals surface area contributed by atoms with Crippen molar-refractivity contribution >= 4 is 83.6 Å². The minimum atomic E-state index is -1.63. The summed E-state index contributed by atoms with van der Waals surface area (Å²) in [5, 5.41) is 39.1. The van der Waals surface area contributed by atoms with E-state index in [1.165, 1.54) is 0 Å². The first-order valence-electron chi connectivity index (χ1n) is 24.1. The number of carbonyl (C=O) groups is 12. The van der Waals surface area contributed by atoms with Gasteiger partial charge in [0.15, 0.2) is 0 Å². The van der Waals surface area contributed by atoms with Crippen molar-refractivity contribution in [2.45, 2.75) is 161 Å². The van der Waals surface area contributed by atoms with Gasteiger partial charge in [0, 0.05) is 18.7 Å². The summed E-state index contributed by atoms with van der Waals surface area (Å²) in [6.07, 6.45) is 0.249. The van der Waals surface area contributed by atoms with Crippen LogP contribution in [0.25, 0.3) is 0 Å². The molecule has 1 rings (SSSR count). The second-order valence-electron chi connectivity index (χ2n) is 18.8. The Morgan fingerprint density at radius 1 is 0.653 bits per heavy atom. The van der Waals surface area contributed by atoms with Gasteiger partial charge in [0.2, 0.25) is 65.0 Å². The van der Waals surface area contributed by atoms with Crippen LogP contribution in [0.3, 0.4) is 0 Å². The molecule has 0 saturated carbocycles. The molecule has 72 heavy (non-hydrogen) atoms. The lowest BCUT2D eigenvalue weighted by Gasteiger charge is -2.32. The van der Waals surface area contributed by atoms with Crippen molar-refractivity contribution in [2.75, 3.05) is 25.4 Å². The monoisotopic (exact) mass is 1040 g/mol. The Bertz CT molecular complexity index is 1940. The Balaban J connectivity index is 3.24. The fraction of sp³-hybridized carbons (Fsp3) is 0.733. The predicted molar refractivity (Wildman–Crippen MR) is 263 cm³/mol. The van der Waals surface area contributed by atoms with Gasteiger partial charge in [-0.25, -0.2) is 4.79 Å². The molecule has 1 saturated heterocycles. The average Bonchev–Trinajstić information content (AvgIpc) is 3.81. The maximum absolute atomic E-state index is 14.1. The van der Waals surface area contributed by atoms with Crippen LogP contribution < -0.4 is 59.7 Å². The van der Waals surface area contributed by atoms with E-state index in [2.05, 4.69) is 55.2 Å². The number of nitrogens with one attached hydrogen (secondary N) is 8. The number of aliphatic hydroxyl groups is 1. The Kier molecular flexibility index (Phi) is 27.9. The highest BCUT2D eigenvalue weighted by Crippen LogP contribution is 2.21. The number of aliphatic carboxylic acids is 1. The largest absolute Gasteiger partial charge is 0.480 e. The molecular weight excluding hydrogens is 965 g/mol. The molecule has 27 heteroatoms. The first-order valence-corrected chi connectivity index (χ1v) is 24.7. The molecule has 1 aliphatic heterocycles. The summed E-state index contributed by atoms with van der Waals surface area (Å²) < 4.78 is 0. The number of thiol groups is 1. The van der Waals surface area contributed by atoms with E-state index in [1.54, 1.807) is 55.4 Å². The van der Waals surface area contributed by atoms with Crippen molar-refractivity contribution in [2.24, 2.45) is 40.9 Å². The fourth-order valence-corrected chi connectivity index (χ4v) is 7.69. The van der Waals surface area contributed by atoms with Gasteiger partial charge in [-0.3, -0.25) is 52.7 Å². The number of carbonyl (C=O) groups excluding carboxylic acids is 11. The van der Waals surface area contributed by atoms with Crippen LogP contribution >= 0.6 is 12.6 Å². The Morgan fingerprint density at radius 3 is 1.68 bits per heavy atom. The third kappa shape index (κ3) is 20.9. The summed E-state index contributed by atoms with van der Waals surface area (Å²) in [7, 11) is 0. The van der Waals surface area contributed by atoms with E-state index in [9.17, 15) is 67.7 Å². The van der Waals surface area contributed by atoms with Crippen LogP contribution in [-0.2, 0) is 57.5 Å². The number of hydrogen-bond donors (Lipinski definition) is 14. The number of nitrogens with zero attached hydrogens (tertiary/aromatic N) is 1. The number of carboxylic acid groups (broad SMARTS) is 1. The van der Waals surface area contributed by atoms with E-state index < -0.39 is 163 Å². The summed E-state index contributed by atoms with van der Waals surface area (Å²) in [6.45, 7) is 12.0. The summed E-state index contributed by atoms with van der Waals surface area (Å²) in [4.78, 5) is 157. The average molecular weight is 1040 g/mol. The number of likely N-dealkylation sites (tertiary alicyclic amines) is 1. The van der Waals surface area contributed by atoms with Crippen molar-refractivity contribution < 1.29 is 67.7 Å². The van der Waals surface area contributed by atoms with Crippen molar-refractivity contribution in [3.05, 3.63) is 0 Å². The smallest absolute Gasteiger partial charge is 0.326 e. The van der Waals surface area contributed by atoms with Crippen LogP contribution in [0.1, 0.15) is 107 Å². The van der Waals surface area contributed by atoms with Gasteiger partial charge in [-0.05, 0) is 49.4 Å².